The van der Waals surface area contributed by atoms with Gasteiger partial charge in [0, 0.05) is 25.7 Å². The maximum atomic E-state index is 13.3. The molecule has 0 saturated carbocycles. The van der Waals surface area contributed by atoms with Crippen LogP contribution in [-0.2, 0) is 17.8 Å². The Hall–Kier alpha value is -2.34. The third kappa shape index (κ3) is 4.64. The third-order valence-corrected chi connectivity index (χ3v) is 4.60. The predicted octanol–water partition coefficient (Wildman–Crippen LogP) is 2.97. The van der Waals surface area contributed by atoms with Gasteiger partial charge in [-0.1, -0.05) is 12.1 Å². The molecule has 0 radical (unpaired) electrons. The first-order chi connectivity index (χ1) is 12.5. The van der Waals surface area contributed by atoms with Gasteiger partial charge in [-0.25, -0.2) is 14.4 Å². The van der Waals surface area contributed by atoms with Crippen molar-refractivity contribution in [3.8, 4) is 0 Å². The lowest BCUT2D eigenvalue weighted by molar-refractivity contribution is -0.132. The van der Waals surface area contributed by atoms with Crippen LogP contribution in [-0.4, -0.2) is 46.3 Å². The number of likely N-dealkylation sites (tertiary alicyclic amines) is 1. The summed E-state index contributed by atoms with van der Waals surface area (Å²) in [5, 5.41) is 0. The van der Waals surface area contributed by atoms with Crippen LogP contribution >= 0.6 is 0 Å². The predicted molar refractivity (Wildman–Crippen MR) is 97.8 cm³/mol. The van der Waals surface area contributed by atoms with Crippen LogP contribution in [0.15, 0.2) is 36.5 Å². The Bertz CT molecular complexity index is 765. The summed E-state index contributed by atoms with van der Waals surface area (Å²) in [5.74, 6) is 0.541. The van der Waals surface area contributed by atoms with Gasteiger partial charge < -0.3 is 9.80 Å². The van der Waals surface area contributed by atoms with E-state index in [0.717, 1.165) is 43.0 Å². The van der Waals surface area contributed by atoms with Crippen molar-refractivity contribution in [2.45, 2.75) is 38.3 Å². The minimum Gasteiger partial charge on any atom is -0.332 e. The zero-order chi connectivity index (χ0) is 18.5. The summed E-state index contributed by atoms with van der Waals surface area (Å²) in [4.78, 5) is 25.7. The van der Waals surface area contributed by atoms with E-state index in [2.05, 4.69) is 14.9 Å². The Morgan fingerprint density at radius 2 is 2.19 bits per heavy atom. The molecule has 0 aliphatic carbocycles. The number of hydrogen-bond acceptors (Lipinski definition) is 4. The molecule has 2 aromatic rings. The van der Waals surface area contributed by atoms with E-state index in [0.29, 0.717) is 12.8 Å². The first-order valence-corrected chi connectivity index (χ1v) is 9.03. The van der Waals surface area contributed by atoms with Crippen molar-refractivity contribution in [2.75, 3.05) is 20.6 Å². The van der Waals surface area contributed by atoms with E-state index in [1.165, 1.54) is 12.1 Å². The molecule has 1 fully saturated rings. The van der Waals surface area contributed by atoms with Crippen LogP contribution in [0.3, 0.4) is 0 Å². The second-order valence-corrected chi connectivity index (χ2v) is 7.02. The number of amides is 1. The van der Waals surface area contributed by atoms with Crippen molar-refractivity contribution in [3.05, 3.63) is 59.4 Å². The summed E-state index contributed by atoms with van der Waals surface area (Å²) >= 11 is 0. The fourth-order valence-electron chi connectivity index (χ4n) is 3.41. The molecule has 1 aromatic carbocycles. The zero-order valence-electron chi connectivity index (χ0n) is 15.4. The highest BCUT2D eigenvalue weighted by Gasteiger charge is 2.31. The van der Waals surface area contributed by atoms with Crippen LogP contribution in [0.4, 0.5) is 4.39 Å². The second kappa shape index (κ2) is 8.36. The zero-order valence-corrected chi connectivity index (χ0v) is 15.4. The Kier molecular flexibility index (Phi) is 5.93. The van der Waals surface area contributed by atoms with Gasteiger partial charge in [0.15, 0.2) is 5.82 Å². The number of halogens is 1. The Morgan fingerprint density at radius 3 is 2.96 bits per heavy atom. The first-order valence-electron chi connectivity index (χ1n) is 9.03. The molecule has 1 unspecified atom stereocenters. The molecule has 2 heterocycles. The van der Waals surface area contributed by atoms with E-state index in [4.69, 9.17) is 0 Å². The summed E-state index contributed by atoms with van der Waals surface area (Å²) in [7, 11) is 4.00. The van der Waals surface area contributed by atoms with E-state index in [1.807, 2.05) is 31.1 Å². The lowest BCUT2D eigenvalue weighted by Gasteiger charge is -2.24. The van der Waals surface area contributed by atoms with Gasteiger partial charge in [-0.3, -0.25) is 4.79 Å². The van der Waals surface area contributed by atoms with Gasteiger partial charge in [-0.05, 0) is 57.1 Å². The highest BCUT2D eigenvalue weighted by Crippen LogP contribution is 2.30. The number of aryl methyl sites for hydroxylation is 1. The van der Waals surface area contributed by atoms with E-state index >= 15 is 0 Å². The van der Waals surface area contributed by atoms with Gasteiger partial charge in [-0.2, -0.15) is 0 Å². The number of aromatic nitrogens is 2. The molecule has 1 saturated heterocycles. The van der Waals surface area contributed by atoms with Crippen LogP contribution in [0, 0.1) is 5.82 Å². The molecule has 0 spiro atoms. The summed E-state index contributed by atoms with van der Waals surface area (Å²) in [6, 6.07) is 8.29. The number of carbonyl (C=O) groups excluding carboxylic acids is 1. The molecule has 1 amide bonds. The van der Waals surface area contributed by atoms with Crippen molar-refractivity contribution in [1.29, 1.82) is 0 Å². The monoisotopic (exact) mass is 356 g/mol. The van der Waals surface area contributed by atoms with Crippen molar-refractivity contribution >= 4 is 5.91 Å². The number of benzene rings is 1. The summed E-state index contributed by atoms with van der Waals surface area (Å²) in [5.41, 5.74) is 1.80. The quantitative estimate of drug-likeness (QED) is 0.798. The maximum Gasteiger partial charge on any atom is 0.223 e. The molecule has 1 atom stereocenters. The van der Waals surface area contributed by atoms with Gasteiger partial charge in [0.25, 0.3) is 0 Å². The van der Waals surface area contributed by atoms with Gasteiger partial charge in [-0.15, -0.1) is 0 Å². The number of rotatable bonds is 6. The van der Waals surface area contributed by atoms with Crippen molar-refractivity contribution in [2.24, 2.45) is 0 Å². The van der Waals surface area contributed by atoms with Crippen molar-refractivity contribution < 1.29 is 9.18 Å². The van der Waals surface area contributed by atoms with Crippen LogP contribution in [0.1, 0.15) is 42.4 Å². The standard InChI is InChI=1S/C20H25FN4O/c1-24(2)14-17-10-11-22-20(23-17)18-7-4-12-25(18)19(26)9-8-15-5-3-6-16(21)13-15/h3,5-6,10-11,13,18H,4,7-9,12,14H2,1-2H3. The lowest BCUT2D eigenvalue weighted by atomic mass is 10.1. The molecular formula is C20H25FN4O. The summed E-state index contributed by atoms with van der Waals surface area (Å²) in [6.45, 7) is 1.48. The lowest BCUT2D eigenvalue weighted by Crippen LogP contribution is -2.31. The molecule has 3 rings (SSSR count). The smallest absolute Gasteiger partial charge is 0.223 e. The minimum atomic E-state index is -0.264. The molecule has 5 nitrogen and oxygen atoms in total. The fraction of sp³-hybridized carbons (Fsp3) is 0.450. The molecule has 6 heteroatoms. The van der Waals surface area contributed by atoms with E-state index < -0.39 is 0 Å². The number of nitrogens with zero attached hydrogens (tertiary/aromatic N) is 4. The average Bonchev–Trinajstić information content (AvgIpc) is 3.09. The van der Waals surface area contributed by atoms with Gasteiger partial charge >= 0.3 is 0 Å². The SMILES string of the molecule is CN(C)Cc1ccnc(C2CCCN2C(=O)CCc2cccc(F)c2)n1. The molecule has 1 aliphatic heterocycles. The van der Waals surface area contributed by atoms with Gasteiger partial charge in [0.1, 0.15) is 5.82 Å². The van der Waals surface area contributed by atoms with Crippen LogP contribution in [0.25, 0.3) is 0 Å². The summed E-state index contributed by atoms with van der Waals surface area (Å²) in [6.07, 6.45) is 4.53. The van der Waals surface area contributed by atoms with Crippen LogP contribution in [0.2, 0.25) is 0 Å². The van der Waals surface area contributed by atoms with Crippen molar-refractivity contribution in [3.63, 3.8) is 0 Å². The van der Waals surface area contributed by atoms with E-state index in [-0.39, 0.29) is 17.8 Å². The highest BCUT2D eigenvalue weighted by atomic mass is 19.1. The fourth-order valence-corrected chi connectivity index (χ4v) is 3.41. The molecule has 138 valence electrons. The van der Waals surface area contributed by atoms with E-state index in [9.17, 15) is 9.18 Å². The molecule has 0 N–H and O–H groups in total. The highest BCUT2D eigenvalue weighted by molar-refractivity contribution is 5.77. The third-order valence-electron chi connectivity index (χ3n) is 4.60. The van der Waals surface area contributed by atoms with Crippen LogP contribution in [0.5, 0.6) is 0 Å². The number of hydrogen-bond donors (Lipinski definition) is 0. The molecule has 1 aliphatic rings. The normalized spacial score (nSPS) is 17.1. The minimum absolute atomic E-state index is 0.0582. The van der Waals surface area contributed by atoms with Gasteiger partial charge in [0.05, 0.1) is 11.7 Å². The Balaban J connectivity index is 1.66. The maximum absolute atomic E-state index is 13.3. The van der Waals surface area contributed by atoms with Crippen LogP contribution < -0.4 is 0 Å². The molecular weight excluding hydrogens is 331 g/mol. The molecule has 1 aromatic heterocycles. The molecule has 0 bridgehead atoms. The van der Waals surface area contributed by atoms with Gasteiger partial charge in [0.2, 0.25) is 5.91 Å². The second-order valence-electron chi connectivity index (χ2n) is 7.02. The largest absolute Gasteiger partial charge is 0.332 e. The number of carbonyl (C=O) groups is 1. The first kappa shape index (κ1) is 18.5. The topological polar surface area (TPSA) is 49.3 Å². The summed E-state index contributed by atoms with van der Waals surface area (Å²) < 4.78 is 13.3. The van der Waals surface area contributed by atoms with Crippen molar-refractivity contribution in [1.82, 2.24) is 19.8 Å². The Morgan fingerprint density at radius 1 is 1.35 bits per heavy atom. The Labute approximate surface area is 153 Å². The molecule has 26 heavy (non-hydrogen) atoms. The van der Waals surface area contributed by atoms with E-state index in [1.54, 1.807) is 12.3 Å². The average molecular weight is 356 g/mol.